The number of rotatable bonds is 4. The molecular weight excluding hydrogens is 180 g/mol. The lowest BCUT2D eigenvalue weighted by molar-refractivity contribution is -0.142. The van der Waals surface area contributed by atoms with Gasteiger partial charge in [0, 0.05) is 5.38 Å². The van der Waals surface area contributed by atoms with Gasteiger partial charge in [-0.15, -0.1) is 11.3 Å². The van der Waals surface area contributed by atoms with E-state index in [1.165, 1.54) is 17.6 Å². The monoisotopic (exact) mass is 186 g/mol. The van der Waals surface area contributed by atoms with Crippen LogP contribution in [0.2, 0.25) is 0 Å². The van der Waals surface area contributed by atoms with Gasteiger partial charge in [0.15, 0.2) is 0 Å². The number of carboxylic acids is 1. The smallest absolute Gasteiger partial charge is 0.344 e. The fourth-order valence-electron chi connectivity index (χ4n) is 0.469. The van der Waals surface area contributed by atoms with Crippen LogP contribution in [0, 0.1) is 0 Å². The molecule has 0 atom stereocenters. The van der Waals surface area contributed by atoms with E-state index >= 15 is 0 Å². The molecule has 5 nitrogen and oxygen atoms in total. The van der Waals surface area contributed by atoms with Crippen molar-refractivity contribution >= 4 is 23.5 Å². The second-order valence-corrected chi connectivity index (χ2v) is 2.53. The quantitative estimate of drug-likeness (QED) is 0.551. The molecule has 0 saturated carbocycles. The zero-order valence-electron chi connectivity index (χ0n) is 6.01. The van der Waals surface area contributed by atoms with Crippen molar-refractivity contribution in [1.82, 2.24) is 4.98 Å². The van der Waals surface area contributed by atoms with E-state index in [1.807, 2.05) is 0 Å². The topological polar surface area (TPSA) is 71.8 Å². The summed E-state index contributed by atoms with van der Waals surface area (Å²) in [7, 11) is 0. The Bertz CT molecular complexity index is 270. The second-order valence-electron chi connectivity index (χ2n) is 1.81. The lowest BCUT2D eigenvalue weighted by atomic mass is 10.6. The first-order valence-corrected chi connectivity index (χ1v) is 3.98. The number of carbonyl (C=O) groups is 1. The molecule has 0 aromatic carbocycles. The van der Waals surface area contributed by atoms with Gasteiger partial charge >= 0.3 is 5.97 Å². The molecule has 0 unspecified atom stereocenters. The van der Waals surface area contributed by atoms with Crippen molar-refractivity contribution in [3.63, 3.8) is 0 Å². The van der Waals surface area contributed by atoms with Crippen molar-refractivity contribution in [2.75, 3.05) is 6.61 Å². The summed E-state index contributed by atoms with van der Waals surface area (Å²) in [6.45, 7) is -0.430. The Labute approximate surface area is 72.3 Å². The molecule has 0 spiro atoms. The minimum Gasteiger partial charge on any atom is -0.479 e. The number of carboxylic acid groups (broad SMARTS) is 1. The Balaban J connectivity index is 2.27. The second kappa shape index (κ2) is 4.45. The van der Waals surface area contributed by atoms with Gasteiger partial charge in [0.1, 0.15) is 0 Å². The van der Waals surface area contributed by atoms with Crippen LogP contribution in [0.1, 0.15) is 5.69 Å². The van der Waals surface area contributed by atoms with E-state index in [9.17, 15) is 4.79 Å². The summed E-state index contributed by atoms with van der Waals surface area (Å²) in [5.41, 5.74) is 2.31. The maximum Gasteiger partial charge on any atom is 0.344 e. The van der Waals surface area contributed by atoms with Crippen molar-refractivity contribution in [3.8, 4) is 0 Å². The normalized spacial score (nSPS) is 10.3. The zero-order chi connectivity index (χ0) is 8.81. The van der Waals surface area contributed by atoms with Crippen molar-refractivity contribution in [2.45, 2.75) is 0 Å². The van der Waals surface area contributed by atoms with Gasteiger partial charge in [-0.05, 0) is 0 Å². The number of aliphatic carboxylic acids is 1. The maximum atomic E-state index is 9.95. The van der Waals surface area contributed by atoms with Crippen LogP contribution < -0.4 is 0 Å². The zero-order valence-corrected chi connectivity index (χ0v) is 6.82. The van der Waals surface area contributed by atoms with Crippen LogP contribution in [0.15, 0.2) is 16.0 Å². The predicted molar refractivity (Wildman–Crippen MR) is 43.3 cm³/mol. The van der Waals surface area contributed by atoms with Crippen LogP contribution in [0.3, 0.4) is 0 Å². The van der Waals surface area contributed by atoms with Gasteiger partial charge in [-0.1, -0.05) is 5.16 Å². The molecular formula is C6H6N2O3S. The van der Waals surface area contributed by atoms with E-state index in [2.05, 4.69) is 15.0 Å². The summed E-state index contributed by atoms with van der Waals surface area (Å²) in [5.74, 6) is -1.05. The number of nitrogens with zero attached hydrogens (tertiary/aromatic N) is 2. The largest absolute Gasteiger partial charge is 0.479 e. The van der Waals surface area contributed by atoms with E-state index < -0.39 is 12.6 Å². The molecule has 1 aromatic heterocycles. The molecule has 0 amide bonds. The number of oxime groups is 1. The minimum absolute atomic E-state index is 0.430. The third-order valence-corrected chi connectivity index (χ3v) is 1.50. The number of hydrogen-bond donors (Lipinski definition) is 1. The molecule has 0 fully saturated rings. The van der Waals surface area contributed by atoms with Crippen LogP contribution in [0.5, 0.6) is 0 Å². The van der Waals surface area contributed by atoms with Gasteiger partial charge in [0.05, 0.1) is 17.4 Å². The summed E-state index contributed by atoms with van der Waals surface area (Å²) in [6.07, 6.45) is 1.36. The lowest BCUT2D eigenvalue weighted by Crippen LogP contribution is -2.03. The Morgan fingerprint density at radius 3 is 3.33 bits per heavy atom. The summed E-state index contributed by atoms with van der Waals surface area (Å²) in [6, 6.07) is 0. The molecule has 0 aliphatic heterocycles. The average Bonchev–Trinajstić information content (AvgIpc) is 2.49. The van der Waals surface area contributed by atoms with Gasteiger partial charge < -0.3 is 9.94 Å². The predicted octanol–water partition coefficient (Wildman–Crippen LogP) is 0.578. The van der Waals surface area contributed by atoms with Crippen LogP contribution in [-0.4, -0.2) is 28.9 Å². The Kier molecular flexibility index (Phi) is 3.21. The van der Waals surface area contributed by atoms with E-state index in [1.54, 1.807) is 10.9 Å². The molecule has 0 saturated heterocycles. The molecule has 12 heavy (non-hydrogen) atoms. The molecule has 1 rings (SSSR count). The average molecular weight is 186 g/mol. The Morgan fingerprint density at radius 2 is 2.75 bits per heavy atom. The van der Waals surface area contributed by atoms with Crippen molar-refractivity contribution in [2.24, 2.45) is 5.16 Å². The van der Waals surface area contributed by atoms with Crippen molar-refractivity contribution < 1.29 is 14.7 Å². The highest BCUT2D eigenvalue weighted by Gasteiger charge is 1.93. The first-order chi connectivity index (χ1) is 5.79. The van der Waals surface area contributed by atoms with Crippen LogP contribution in [0.25, 0.3) is 0 Å². The molecule has 0 aliphatic rings. The Morgan fingerprint density at radius 1 is 1.92 bits per heavy atom. The molecule has 0 aliphatic carbocycles. The van der Waals surface area contributed by atoms with Crippen LogP contribution in [-0.2, 0) is 9.63 Å². The van der Waals surface area contributed by atoms with Crippen LogP contribution >= 0.6 is 11.3 Å². The van der Waals surface area contributed by atoms with Gasteiger partial charge in [-0.3, -0.25) is 0 Å². The SMILES string of the molecule is O=C(O)CON=Cc1cscn1. The van der Waals surface area contributed by atoms with E-state index in [-0.39, 0.29) is 0 Å². The minimum atomic E-state index is -1.05. The van der Waals surface area contributed by atoms with Crippen LogP contribution in [0.4, 0.5) is 0 Å². The molecule has 1 heterocycles. The van der Waals surface area contributed by atoms with Gasteiger partial charge in [0.25, 0.3) is 0 Å². The van der Waals surface area contributed by atoms with Crippen molar-refractivity contribution in [1.29, 1.82) is 0 Å². The lowest BCUT2D eigenvalue weighted by Gasteiger charge is -1.90. The van der Waals surface area contributed by atoms with Crippen molar-refractivity contribution in [3.05, 3.63) is 16.6 Å². The summed E-state index contributed by atoms with van der Waals surface area (Å²) in [4.78, 5) is 18.2. The van der Waals surface area contributed by atoms with E-state index in [0.717, 1.165) is 0 Å². The highest BCUT2D eigenvalue weighted by Crippen LogP contribution is 1.96. The standard InChI is InChI=1S/C6H6N2O3S/c9-6(10)2-11-8-1-5-3-12-4-7-5/h1,3-4H,2H2,(H,9,10). The maximum absolute atomic E-state index is 9.95. The van der Waals surface area contributed by atoms with Gasteiger partial charge in [-0.25, -0.2) is 9.78 Å². The molecule has 64 valence electrons. The highest BCUT2D eigenvalue weighted by molar-refractivity contribution is 7.07. The first-order valence-electron chi connectivity index (χ1n) is 3.04. The first kappa shape index (κ1) is 8.66. The molecule has 0 bridgehead atoms. The number of hydrogen-bond acceptors (Lipinski definition) is 5. The third kappa shape index (κ3) is 3.11. The fourth-order valence-corrected chi connectivity index (χ4v) is 0.974. The molecule has 1 N–H and O–H groups in total. The van der Waals surface area contributed by atoms with Gasteiger partial charge in [0.2, 0.25) is 6.61 Å². The summed E-state index contributed by atoms with van der Waals surface area (Å²) in [5, 5.41) is 13.3. The number of thiazole rings is 1. The Hall–Kier alpha value is -1.43. The highest BCUT2D eigenvalue weighted by atomic mass is 32.1. The number of aromatic nitrogens is 1. The molecule has 6 heteroatoms. The summed E-state index contributed by atoms with van der Waals surface area (Å²) < 4.78 is 0. The molecule has 1 aromatic rings. The fraction of sp³-hybridized carbons (Fsp3) is 0.167. The summed E-state index contributed by atoms with van der Waals surface area (Å²) >= 11 is 1.43. The van der Waals surface area contributed by atoms with Gasteiger partial charge in [-0.2, -0.15) is 0 Å². The molecule has 0 radical (unpaired) electrons. The third-order valence-electron chi connectivity index (χ3n) is 0.899. The van der Waals surface area contributed by atoms with E-state index in [0.29, 0.717) is 5.69 Å². The van der Waals surface area contributed by atoms with E-state index in [4.69, 9.17) is 5.11 Å².